The molecule has 0 saturated carbocycles. The Morgan fingerprint density at radius 1 is 0.430 bits per heavy atom. The Balaban J connectivity index is 5.03. The van der Waals surface area contributed by atoms with Crippen molar-refractivity contribution < 1.29 is 37.3 Å². The first-order valence-corrected chi connectivity index (χ1v) is 36.1. The molecule has 0 spiro atoms. The first-order chi connectivity index (χ1) is 38.4. The van der Waals surface area contributed by atoms with Gasteiger partial charge in [-0.2, -0.15) is 0 Å². The molecule has 0 bridgehead atoms. The van der Waals surface area contributed by atoms with Gasteiger partial charge in [0, 0.05) is 12.8 Å². The molecule has 0 aromatic heterocycles. The Kier molecular flexibility index (Phi) is 58.5. The van der Waals surface area contributed by atoms with Crippen LogP contribution in [-0.2, 0) is 27.9 Å². The molecule has 0 aliphatic rings. The highest BCUT2D eigenvalue weighted by Crippen LogP contribution is 2.38. The molecule has 0 saturated heterocycles. The van der Waals surface area contributed by atoms with Crippen LogP contribution >= 0.6 is 7.82 Å². The lowest BCUT2D eigenvalue weighted by Crippen LogP contribution is -2.47. The molecule has 3 atom stereocenters. The van der Waals surface area contributed by atoms with E-state index in [1.165, 1.54) is 263 Å². The van der Waals surface area contributed by atoms with Crippen molar-refractivity contribution in [2.75, 3.05) is 40.9 Å². The number of hydrogen-bond acceptors (Lipinski definition) is 7. The molecule has 9 nitrogen and oxygen atoms in total. The lowest BCUT2D eigenvalue weighted by atomic mass is 10.0. The van der Waals surface area contributed by atoms with Crippen LogP contribution in [0, 0.1) is 0 Å². The second-order valence-corrected chi connectivity index (χ2v) is 26.5. The van der Waals surface area contributed by atoms with Gasteiger partial charge in [-0.3, -0.25) is 14.2 Å². The van der Waals surface area contributed by atoms with Crippen molar-refractivity contribution in [1.29, 1.82) is 0 Å². The molecule has 468 valence electrons. The van der Waals surface area contributed by atoms with Crippen molar-refractivity contribution in [2.45, 2.75) is 367 Å². The number of ether oxygens (including phenoxy) is 1. The number of amides is 1. The Labute approximate surface area is 492 Å². The normalized spacial score (nSPS) is 13.7. The molecular weight excluding hydrogens is 1000 g/mol. The van der Waals surface area contributed by atoms with Crippen LogP contribution in [-0.4, -0.2) is 69.4 Å². The van der Waals surface area contributed by atoms with Crippen LogP contribution in [0.25, 0.3) is 0 Å². The third-order valence-electron chi connectivity index (χ3n) is 15.9. The molecule has 0 radical (unpaired) electrons. The Hall–Kier alpha value is -1.51. The van der Waals surface area contributed by atoms with Crippen molar-refractivity contribution in [3.63, 3.8) is 0 Å². The number of carbonyl (C=O) groups excluding carboxylic acids is 2. The van der Waals surface area contributed by atoms with E-state index in [1.807, 2.05) is 33.3 Å². The fourth-order valence-electron chi connectivity index (χ4n) is 10.5. The summed E-state index contributed by atoms with van der Waals surface area (Å²) in [6.07, 6.45) is 71.6. The van der Waals surface area contributed by atoms with Gasteiger partial charge < -0.3 is 28.5 Å². The Bertz CT molecular complexity index is 1400. The summed E-state index contributed by atoms with van der Waals surface area (Å²) in [5.41, 5.74) is 0. The van der Waals surface area contributed by atoms with E-state index in [-0.39, 0.29) is 31.5 Å². The molecule has 0 aliphatic heterocycles. The van der Waals surface area contributed by atoms with Crippen LogP contribution in [0.2, 0.25) is 0 Å². The summed E-state index contributed by atoms with van der Waals surface area (Å²) in [4.78, 5) is 40.1. The number of likely N-dealkylation sites (N-methyl/N-ethyl adjacent to an activating group) is 1. The fourth-order valence-corrected chi connectivity index (χ4v) is 11.2. The highest BCUT2D eigenvalue weighted by molar-refractivity contribution is 7.45. The van der Waals surface area contributed by atoms with Crippen LogP contribution in [0.4, 0.5) is 0 Å². The van der Waals surface area contributed by atoms with Gasteiger partial charge in [-0.05, 0) is 57.4 Å². The average Bonchev–Trinajstić information content (AvgIpc) is 3.41. The molecule has 10 heteroatoms. The van der Waals surface area contributed by atoms with Crippen LogP contribution in [0.15, 0.2) is 24.3 Å². The number of phosphoric acid groups is 1. The van der Waals surface area contributed by atoms with E-state index in [9.17, 15) is 19.0 Å². The first-order valence-electron chi connectivity index (χ1n) is 34.6. The number of carbonyl (C=O) groups is 2. The zero-order valence-corrected chi connectivity index (χ0v) is 54.5. The van der Waals surface area contributed by atoms with Crippen molar-refractivity contribution >= 4 is 19.7 Å². The van der Waals surface area contributed by atoms with Gasteiger partial charge in [-0.1, -0.05) is 309 Å². The van der Waals surface area contributed by atoms with Crippen LogP contribution in [0.1, 0.15) is 355 Å². The summed E-state index contributed by atoms with van der Waals surface area (Å²) in [7, 11) is 1.20. The van der Waals surface area contributed by atoms with Gasteiger partial charge in [0.25, 0.3) is 7.82 Å². The minimum absolute atomic E-state index is 0.0189. The van der Waals surface area contributed by atoms with Gasteiger partial charge in [-0.15, -0.1) is 0 Å². The fraction of sp³-hybridized carbons (Fsp3) is 0.913. The zero-order valence-electron chi connectivity index (χ0n) is 53.6. The van der Waals surface area contributed by atoms with Crippen LogP contribution in [0.5, 0.6) is 0 Å². The van der Waals surface area contributed by atoms with Crippen molar-refractivity contribution in [3.8, 4) is 0 Å². The van der Waals surface area contributed by atoms with Gasteiger partial charge in [0.05, 0.1) is 33.8 Å². The number of esters is 1. The number of nitrogens with zero attached hydrogens (tertiary/aromatic N) is 1. The number of phosphoric ester groups is 1. The van der Waals surface area contributed by atoms with Gasteiger partial charge in [0.15, 0.2) is 0 Å². The van der Waals surface area contributed by atoms with Gasteiger partial charge >= 0.3 is 5.97 Å². The number of nitrogens with one attached hydrogen (secondary N) is 1. The third kappa shape index (κ3) is 60.9. The molecule has 0 fully saturated rings. The highest BCUT2D eigenvalue weighted by Gasteiger charge is 2.27. The summed E-state index contributed by atoms with van der Waals surface area (Å²) in [5, 5.41) is 3.04. The summed E-state index contributed by atoms with van der Waals surface area (Å²) in [6.45, 7) is 6.89. The Morgan fingerprint density at radius 2 is 0.734 bits per heavy atom. The SMILES string of the molecule is CCCCCCCC/C=C/CCCCCCCCCCCC(=O)NC(COP(=O)([O-])OCC[N+](C)(C)C)C(/C=C/CCCCCCCCCCC)OC(=O)CCCCCCCCCCCCCCCCCCCCCCCCC. The minimum Gasteiger partial charge on any atom is -0.756 e. The van der Waals surface area contributed by atoms with Gasteiger partial charge in [-0.25, -0.2) is 0 Å². The van der Waals surface area contributed by atoms with Crippen LogP contribution < -0.4 is 10.2 Å². The number of hydrogen-bond donors (Lipinski definition) is 1. The number of quaternary nitrogens is 1. The third-order valence-corrected chi connectivity index (χ3v) is 16.8. The summed E-state index contributed by atoms with van der Waals surface area (Å²) >= 11 is 0. The largest absolute Gasteiger partial charge is 0.756 e. The molecule has 79 heavy (non-hydrogen) atoms. The Morgan fingerprint density at radius 3 is 1.08 bits per heavy atom. The standard InChI is InChI=1S/C69H135N2O7P/c1-7-10-13-16-19-22-25-27-29-31-33-34-35-36-38-40-42-44-47-50-53-56-59-62-69(73)78-67(60-57-54-51-48-45-24-21-18-15-12-9-3)66(65-77-79(74,75)76-64-63-71(4,5)6)70-68(72)61-58-55-52-49-46-43-41-39-37-32-30-28-26-23-20-17-14-11-8-2/h28,30,57,60,66-67H,7-27,29,31-56,58-59,61-65H2,1-6H3,(H-,70,72,74,75)/b30-28+,60-57+. The number of allylic oxidation sites excluding steroid dienone is 3. The maximum atomic E-state index is 13.6. The maximum Gasteiger partial charge on any atom is 0.306 e. The molecule has 1 amide bonds. The number of rotatable bonds is 64. The van der Waals surface area contributed by atoms with Crippen molar-refractivity contribution in [1.82, 2.24) is 5.32 Å². The molecule has 0 heterocycles. The quantitative estimate of drug-likeness (QED) is 0.0212. The molecule has 0 aromatic rings. The summed E-state index contributed by atoms with van der Waals surface area (Å²) in [6, 6.07) is -0.884. The van der Waals surface area contributed by atoms with Gasteiger partial charge in [0.1, 0.15) is 19.3 Å². The molecule has 3 unspecified atom stereocenters. The monoisotopic (exact) mass is 1140 g/mol. The first kappa shape index (κ1) is 77.5. The molecule has 0 aliphatic carbocycles. The average molecular weight is 1140 g/mol. The second kappa shape index (κ2) is 59.6. The van der Waals surface area contributed by atoms with E-state index in [0.717, 1.165) is 57.8 Å². The predicted octanol–water partition coefficient (Wildman–Crippen LogP) is 21.0. The highest BCUT2D eigenvalue weighted by atomic mass is 31.2. The van der Waals surface area contributed by atoms with E-state index in [4.69, 9.17) is 13.8 Å². The molecule has 0 rings (SSSR count). The van der Waals surface area contributed by atoms with E-state index in [0.29, 0.717) is 17.4 Å². The van der Waals surface area contributed by atoms with Crippen LogP contribution in [0.3, 0.4) is 0 Å². The molecule has 1 N–H and O–H groups in total. The van der Waals surface area contributed by atoms with E-state index in [1.54, 1.807) is 0 Å². The second-order valence-electron chi connectivity index (χ2n) is 25.0. The summed E-state index contributed by atoms with van der Waals surface area (Å²) in [5.74, 6) is -0.523. The zero-order chi connectivity index (χ0) is 57.9. The van der Waals surface area contributed by atoms with Gasteiger partial charge in [0.2, 0.25) is 5.91 Å². The molecular formula is C69H135N2O7P. The lowest BCUT2D eigenvalue weighted by molar-refractivity contribution is -0.870. The summed E-state index contributed by atoms with van der Waals surface area (Å²) < 4.78 is 30.4. The van der Waals surface area contributed by atoms with E-state index in [2.05, 4.69) is 38.2 Å². The smallest absolute Gasteiger partial charge is 0.306 e. The van der Waals surface area contributed by atoms with Crippen molar-refractivity contribution in [3.05, 3.63) is 24.3 Å². The minimum atomic E-state index is -4.70. The van der Waals surface area contributed by atoms with E-state index < -0.39 is 20.0 Å². The topological polar surface area (TPSA) is 114 Å². The predicted molar refractivity (Wildman–Crippen MR) is 340 cm³/mol. The lowest BCUT2D eigenvalue weighted by Gasteiger charge is -2.30. The number of unbranched alkanes of at least 4 members (excludes halogenated alkanes) is 46. The maximum absolute atomic E-state index is 13.6. The molecule has 0 aromatic carbocycles. The van der Waals surface area contributed by atoms with E-state index >= 15 is 0 Å². The van der Waals surface area contributed by atoms with Crippen molar-refractivity contribution in [2.24, 2.45) is 0 Å².